The number of amides is 1. The molecule has 1 saturated carbocycles. The van der Waals surface area contributed by atoms with Crippen molar-refractivity contribution >= 4 is 23.3 Å². The molecule has 1 aromatic carbocycles. The third-order valence-electron chi connectivity index (χ3n) is 3.82. The summed E-state index contributed by atoms with van der Waals surface area (Å²) in [6, 6.07) is 6.95. The van der Waals surface area contributed by atoms with Crippen molar-refractivity contribution in [1.29, 1.82) is 0 Å². The highest BCUT2D eigenvalue weighted by Gasteiger charge is 2.16. The molecule has 1 fully saturated rings. The second-order valence-corrected chi connectivity index (χ2v) is 5.76. The lowest BCUT2D eigenvalue weighted by atomic mass is 10.1. The Bertz CT molecular complexity index is 481. The topological polar surface area (TPSA) is 46.2 Å². The zero-order chi connectivity index (χ0) is 14.4. The Morgan fingerprint density at radius 2 is 1.85 bits per heavy atom. The molecular weight excluding hydrogens is 274 g/mol. The SMILES string of the molecule is O=C(CCC(=O)c1ccccc1Cl)NCC1CCCC1. The van der Waals surface area contributed by atoms with Crippen molar-refractivity contribution in [2.45, 2.75) is 38.5 Å². The number of nitrogens with one attached hydrogen (secondary N) is 1. The van der Waals surface area contributed by atoms with Crippen LogP contribution < -0.4 is 5.32 Å². The second kappa shape index (κ2) is 7.44. The van der Waals surface area contributed by atoms with Crippen molar-refractivity contribution in [2.75, 3.05) is 6.54 Å². The summed E-state index contributed by atoms with van der Waals surface area (Å²) in [5.74, 6) is 0.502. The zero-order valence-corrected chi connectivity index (χ0v) is 12.3. The summed E-state index contributed by atoms with van der Waals surface area (Å²) in [5.41, 5.74) is 0.498. The molecule has 2 rings (SSSR count). The fourth-order valence-electron chi connectivity index (χ4n) is 2.61. The van der Waals surface area contributed by atoms with Gasteiger partial charge < -0.3 is 5.32 Å². The highest BCUT2D eigenvalue weighted by molar-refractivity contribution is 6.34. The molecule has 0 radical (unpaired) electrons. The van der Waals surface area contributed by atoms with Gasteiger partial charge in [0.2, 0.25) is 5.91 Å². The largest absolute Gasteiger partial charge is 0.356 e. The summed E-state index contributed by atoms with van der Waals surface area (Å²) in [6.07, 6.45) is 5.39. The first kappa shape index (κ1) is 15.0. The van der Waals surface area contributed by atoms with Gasteiger partial charge in [0.1, 0.15) is 0 Å². The predicted octanol–water partition coefficient (Wildman–Crippen LogP) is 3.61. The van der Waals surface area contributed by atoms with E-state index < -0.39 is 0 Å². The van der Waals surface area contributed by atoms with Gasteiger partial charge in [0.15, 0.2) is 5.78 Å². The van der Waals surface area contributed by atoms with Crippen LogP contribution in [0.1, 0.15) is 48.9 Å². The van der Waals surface area contributed by atoms with Crippen LogP contribution in [0.5, 0.6) is 0 Å². The number of hydrogen-bond acceptors (Lipinski definition) is 2. The molecule has 0 bridgehead atoms. The number of ketones is 1. The third-order valence-corrected chi connectivity index (χ3v) is 4.15. The van der Waals surface area contributed by atoms with E-state index in [1.807, 2.05) is 0 Å². The summed E-state index contributed by atoms with van der Waals surface area (Å²) in [7, 11) is 0. The first-order chi connectivity index (χ1) is 9.66. The van der Waals surface area contributed by atoms with Crippen molar-refractivity contribution in [3.63, 3.8) is 0 Å². The lowest BCUT2D eigenvalue weighted by Gasteiger charge is -2.10. The Morgan fingerprint density at radius 3 is 2.55 bits per heavy atom. The molecule has 3 nitrogen and oxygen atoms in total. The van der Waals surface area contributed by atoms with E-state index in [-0.39, 0.29) is 24.5 Å². The molecule has 0 heterocycles. The number of hydrogen-bond donors (Lipinski definition) is 1. The Balaban J connectivity index is 1.72. The summed E-state index contributed by atoms with van der Waals surface area (Å²) in [6.45, 7) is 0.749. The number of carbonyl (C=O) groups excluding carboxylic acids is 2. The van der Waals surface area contributed by atoms with Crippen LogP contribution in [0.3, 0.4) is 0 Å². The first-order valence-corrected chi connectivity index (χ1v) is 7.59. The van der Waals surface area contributed by atoms with Gasteiger partial charge in [-0.1, -0.05) is 36.6 Å². The molecule has 4 heteroatoms. The minimum absolute atomic E-state index is 0.0442. The van der Waals surface area contributed by atoms with Crippen LogP contribution in [0, 0.1) is 5.92 Å². The quantitative estimate of drug-likeness (QED) is 0.815. The highest BCUT2D eigenvalue weighted by atomic mass is 35.5. The fraction of sp³-hybridized carbons (Fsp3) is 0.500. The van der Waals surface area contributed by atoms with E-state index in [0.717, 1.165) is 6.54 Å². The van der Waals surface area contributed by atoms with Gasteiger partial charge >= 0.3 is 0 Å². The Kier molecular flexibility index (Phi) is 5.60. The van der Waals surface area contributed by atoms with E-state index >= 15 is 0 Å². The van der Waals surface area contributed by atoms with Gasteiger partial charge in [-0.2, -0.15) is 0 Å². The van der Waals surface area contributed by atoms with Crippen LogP contribution in [-0.4, -0.2) is 18.2 Å². The number of carbonyl (C=O) groups is 2. The van der Waals surface area contributed by atoms with E-state index in [2.05, 4.69) is 5.32 Å². The van der Waals surface area contributed by atoms with Gasteiger partial charge in [0.25, 0.3) is 0 Å². The first-order valence-electron chi connectivity index (χ1n) is 7.21. The van der Waals surface area contributed by atoms with Crippen LogP contribution in [0.2, 0.25) is 5.02 Å². The fourth-order valence-corrected chi connectivity index (χ4v) is 2.85. The maximum Gasteiger partial charge on any atom is 0.220 e. The van der Waals surface area contributed by atoms with Crippen LogP contribution >= 0.6 is 11.6 Å². The van der Waals surface area contributed by atoms with Crippen molar-refractivity contribution in [1.82, 2.24) is 5.32 Å². The molecule has 0 aliphatic heterocycles. The minimum atomic E-state index is -0.0772. The minimum Gasteiger partial charge on any atom is -0.356 e. The molecule has 108 valence electrons. The van der Waals surface area contributed by atoms with E-state index in [1.165, 1.54) is 25.7 Å². The van der Waals surface area contributed by atoms with Crippen molar-refractivity contribution in [3.05, 3.63) is 34.9 Å². The van der Waals surface area contributed by atoms with Crippen molar-refractivity contribution in [2.24, 2.45) is 5.92 Å². The van der Waals surface area contributed by atoms with Crippen LogP contribution in [0.4, 0.5) is 0 Å². The lowest BCUT2D eigenvalue weighted by Crippen LogP contribution is -2.28. The van der Waals surface area contributed by atoms with Crippen LogP contribution in [-0.2, 0) is 4.79 Å². The van der Waals surface area contributed by atoms with Crippen LogP contribution in [0.15, 0.2) is 24.3 Å². The summed E-state index contributed by atoms with van der Waals surface area (Å²) in [5, 5.41) is 3.37. The molecular formula is C16H20ClNO2. The highest BCUT2D eigenvalue weighted by Crippen LogP contribution is 2.23. The van der Waals surface area contributed by atoms with Gasteiger partial charge in [-0.3, -0.25) is 9.59 Å². The van der Waals surface area contributed by atoms with Gasteiger partial charge in [-0.15, -0.1) is 0 Å². The lowest BCUT2D eigenvalue weighted by molar-refractivity contribution is -0.121. The van der Waals surface area contributed by atoms with E-state index in [1.54, 1.807) is 24.3 Å². The Morgan fingerprint density at radius 1 is 1.15 bits per heavy atom. The van der Waals surface area contributed by atoms with E-state index in [9.17, 15) is 9.59 Å². The Labute approximate surface area is 124 Å². The molecule has 20 heavy (non-hydrogen) atoms. The maximum absolute atomic E-state index is 12.0. The maximum atomic E-state index is 12.0. The molecule has 0 aromatic heterocycles. The van der Waals surface area contributed by atoms with E-state index in [0.29, 0.717) is 16.5 Å². The molecule has 0 spiro atoms. The smallest absolute Gasteiger partial charge is 0.220 e. The molecule has 1 aliphatic rings. The summed E-state index contributed by atoms with van der Waals surface area (Å²) in [4.78, 5) is 23.7. The summed E-state index contributed by atoms with van der Waals surface area (Å²) < 4.78 is 0. The number of rotatable bonds is 6. The summed E-state index contributed by atoms with van der Waals surface area (Å²) >= 11 is 5.96. The number of halogens is 1. The Hall–Kier alpha value is -1.35. The zero-order valence-electron chi connectivity index (χ0n) is 11.5. The molecule has 1 amide bonds. The van der Waals surface area contributed by atoms with Crippen molar-refractivity contribution < 1.29 is 9.59 Å². The molecule has 0 atom stereocenters. The van der Waals surface area contributed by atoms with E-state index in [4.69, 9.17) is 11.6 Å². The molecule has 0 saturated heterocycles. The molecule has 1 N–H and O–H groups in total. The molecule has 0 unspecified atom stereocenters. The number of benzene rings is 1. The van der Waals surface area contributed by atoms with Crippen LogP contribution in [0.25, 0.3) is 0 Å². The van der Waals surface area contributed by atoms with Gasteiger partial charge in [0, 0.05) is 24.9 Å². The van der Waals surface area contributed by atoms with Gasteiger partial charge in [-0.25, -0.2) is 0 Å². The van der Waals surface area contributed by atoms with Crippen molar-refractivity contribution in [3.8, 4) is 0 Å². The third kappa shape index (κ3) is 4.34. The molecule has 1 aliphatic carbocycles. The number of Topliss-reactive ketones (excluding diaryl/α,β-unsaturated/α-hetero) is 1. The predicted molar refractivity (Wildman–Crippen MR) is 80.0 cm³/mol. The van der Waals surface area contributed by atoms with Gasteiger partial charge in [0.05, 0.1) is 5.02 Å². The standard InChI is InChI=1S/C16H20ClNO2/c17-14-8-4-3-7-13(14)15(19)9-10-16(20)18-11-12-5-1-2-6-12/h3-4,7-8,12H,1-2,5-6,9-11H2,(H,18,20). The average Bonchev–Trinajstić information content (AvgIpc) is 2.96. The van der Waals surface area contributed by atoms with Gasteiger partial charge in [-0.05, 0) is 30.9 Å². The molecule has 1 aromatic rings. The average molecular weight is 294 g/mol. The normalized spacial score (nSPS) is 15.2. The monoisotopic (exact) mass is 293 g/mol. The second-order valence-electron chi connectivity index (χ2n) is 5.36.